The highest BCUT2D eigenvalue weighted by molar-refractivity contribution is 7.18. The van der Waals surface area contributed by atoms with E-state index in [0.717, 1.165) is 49.3 Å². The number of likely N-dealkylation sites (tertiary alicyclic amines) is 1. The van der Waals surface area contributed by atoms with Crippen LogP contribution in [-0.2, 0) is 11.2 Å². The fourth-order valence-electron chi connectivity index (χ4n) is 4.97. The number of nitrogens with zero attached hydrogens (tertiary/aromatic N) is 4. The van der Waals surface area contributed by atoms with Crippen LogP contribution in [0.1, 0.15) is 36.7 Å². The summed E-state index contributed by atoms with van der Waals surface area (Å²) < 4.78 is 3.23. The van der Waals surface area contributed by atoms with Crippen LogP contribution in [0.15, 0.2) is 43.0 Å². The molecule has 2 aliphatic rings. The molecule has 0 bridgehead atoms. The Hall–Kier alpha value is -2.25. The third-order valence-corrected chi connectivity index (χ3v) is 7.59. The number of amides is 1. The molecule has 1 saturated carbocycles. The van der Waals surface area contributed by atoms with E-state index in [1.54, 1.807) is 23.9 Å². The average Bonchev–Trinajstić information content (AvgIpc) is 3.45. The molecule has 1 aliphatic heterocycles. The molecule has 2 fully saturated rings. The molecular formula is C22H26N4O2S. The fraction of sp³-hybridized carbons (Fsp3) is 0.500. The predicted octanol–water partition coefficient (Wildman–Crippen LogP) is 3.29. The molecule has 1 amide bonds. The summed E-state index contributed by atoms with van der Waals surface area (Å²) in [7, 11) is 0. The molecule has 1 aliphatic carbocycles. The lowest BCUT2D eigenvalue weighted by molar-refractivity contribution is -0.130. The molecule has 1 N–H and O–H groups in total. The predicted molar refractivity (Wildman–Crippen MR) is 113 cm³/mol. The zero-order chi connectivity index (χ0) is 19.8. The number of benzene rings is 1. The van der Waals surface area contributed by atoms with Crippen LogP contribution in [0.25, 0.3) is 10.2 Å². The fourth-order valence-corrected chi connectivity index (χ4v) is 5.98. The molecule has 29 heavy (non-hydrogen) atoms. The zero-order valence-electron chi connectivity index (χ0n) is 16.4. The quantitative estimate of drug-likeness (QED) is 0.701. The number of aliphatic hydroxyl groups excluding tert-OH is 1. The van der Waals surface area contributed by atoms with Crippen LogP contribution < -0.4 is 0 Å². The maximum Gasteiger partial charge on any atom is 0.222 e. The van der Waals surface area contributed by atoms with Crippen molar-refractivity contribution in [3.8, 4) is 0 Å². The molecule has 3 aromatic rings. The highest BCUT2D eigenvalue weighted by atomic mass is 32.1. The van der Waals surface area contributed by atoms with Crippen molar-refractivity contribution < 1.29 is 9.90 Å². The number of hydrogen-bond donors (Lipinski definition) is 1. The van der Waals surface area contributed by atoms with Crippen LogP contribution in [0.5, 0.6) is 0 Å². The molecule has 0 spiro atoms. The smallest absolute Gasteiger partial charge is 0.222 e. The molecule has 4 atom stereocenters. The first-order chi connectivity index (χ1) is 14.2. The van der Waals surface area contributed by atoms with Crippen molar-refractivity contribution in [3.63, 3.8) is 0 Å². The summed E-state index contributed by atoms with van der Waals surface area (Å²) in [5.41, 5.74) is 1.05. The van der Waals surface area contributed by atoms with Crippen LogP contribution in [0.2, 0.25) is 0 Å². The minimum Gasteiger partial charge on any atom is -0.391 e. The number of carbonyl (C=O) groups excluding carboxylic acids is 1. The van der Waals surface area contributed by atoms with Gasteiger partial charge in [0.15, 0.2) is 0 Å². The van der Waals surface area contributed by atoms with Crippen molar-refractivity contribution in [2.75, 3.05) is 13.1 Å². The molecule has 0 unspecified atom stereocenters. The van der Waals surface area contributed by atoms with Crippen molar-refractivity contribution in [1.82, 2.24) is 19.4 Å². The van der Waals surface area contributed by atoms with E-state index >= 15 is 0 Å². The highest BCUT2D eigenvalue weighted by Crippen LogP contribution is 2.41. The molecule has 152 valence electrons. The van der Waals surface area contributed by atoms with Gasteiger partial charge in [0.25, 0.3) is 0 Å². The Morgan fingerprint density at radius 2 is 2.03 bits per heavy atom. The van der Waals surface area contributed by atoms with Crippen LogP contribution >= 0.6 is 11.3 Å². The number of para-hydroxylation sites is 1. The first-order valence-corrected chi connectivity index (χ1v) is 11.3. The maximum atomic E-state index is 12.8. The largest absolute Gasteiger partial charge is 0.391 e. The minimum absolute atomic E-state index is 0.0767. The van der Waals surface area contributed by atoms with E-state index in [1.807, 2.05) is 33.9 Å². The molecule has 1 aromatic carbocycles. The standard InChI is InChI=1S/C22H26N4O2S/c27-19-11-16-13-26(12-15(16)10-18(19)25-9-8-23-14-25)22(28)7-3-6-21-24-17-4-1-2-5-20(17)29-21/h1-2,4-5,8-9,14-16,18-19,27H,3,6-7,10-13H2/t15-,16+,18-,19-/m1/s1. The molecule has 5 rings (SSSR count). The second-order valence-electron chi connectivity index (χ2n) is 8.36. The summed E-state index contributed by atoms with van der Waals surface area (Å²) in [4.78, 5) is 23.6. The SMILES string of the molecule is O=C(CCCc1nc2ccccc2s1)N1C[C@H]2C[C@@H](n3ccnc3)[C@H](O)C[C@H]2C1. The summed E-state index contributed by atoms with van der Waals surface area (Å²) in [5.74, 6) is 1.13. The van der Waals surface area contributed by atoms with Gasteiger partial charge in [-0.15, -0.1) is 11.3 Å². The monoisotopic (exact) mass is 410 g/mol. The first kappa shape index (κ1) is 18.8. The van der Waals surface area contributed by atoms with Gasteiger partial charge in [-0.1, -0.05) is 12.1 Å². The van der Waals surface area contributed by atoms with Gasteiger partial charge in [0.2, 0.25) is 5.91 Å². The molecule has 0 radical (unpaired) electrons. The van der Waals surface area contributed by atoms with E-state index in [1.165, 1.54) is 4.70 Å². The molecular weight excluding hydrogens is 384 g/mol. The third-order valence-electron chi connectivity index (χ3n) is 6.49. The maximum absolute atomic E-state index is 12.8. The van der Waals surface area contributed by atoms with Gasteiger partial charge >= 0.3 is 0 Å². The number of thiazole rings is 1. The van der Waals surface area contributed by atoms with E-state index in [4.69, 9.17) is 0 Å². The van der Waals surface area contributed by atoms with Crippen molar-refractivity contribution in [1.29, 1.82) is 0 Å². The number of hydrogen-bond acceptors (Lipinski definition) is 5. The normalized spacial score (nSPS) is 26.7. The second kappa shape index (κ2) is 7.88. The van der Waals surface area contributed by atoms with Crippen LogP contribution in [-0.4, -0.2) is 49.6 Å². The van der Waals surface area contributed by atoms with Crippen LogP contribution in [0, 0.1) is 11.8 Å². The summed E-state index contributed by atoms with van der Waals surface area (Å²) in [6.07, 6.45) is 9.05. The number of rotatable bonds is 5. The van der Waals surface area contributed by atoms with E-state index in [9.17, 15) is 9.90 Å². The number of carbonyl (C=O) groups is 1. The van der Waals surface area contributed by atoms with Gasteiger partial charge in [0, 0.05) is 31.9 Å². The molecule has 6 nitrogen and oxygen atoms in total. The van der Waals surface area contributed by atoms with E-state index in [2.05, 4.69) is 16.0 Å². The van der Waals surface area contributed by atoms with Crippen molar-refractivity contribution in [3.05, 3.63) is 48.0 Å². The van der Waals surface area contributed by atoms with E-state index in [0.29, 0.717) is 18.3 Å². The first-order valence-electron chi connectivity index (χ1n) is 10.4. The van der Waals surface area contributed by atoms with Gasteiger partial charge in [-0.25, -0.2) is 9.97 Å². The average molecular weight is 411 g/mol. The Kier molecular flexibility index (Phi) is 5.09. The number of aromatic nitrogens is 3. The molecule has 1 saturated heterocycles. The Morgan fingerprint density at radius 1 is 1.21 bits per heavy atom. The summed E-state index contributed by atoms with van der Waals surface area (Å²) in [6.45, 7) is 1.61. The molecule has 7 heteroatoms. The van der Waals surface area contributed by atoms with Gasteiger partial charge in [0.1, 0.15) is 0 Å². The number of imidazole rings is 1. The summed E-state index contributed by atoms with van der Waals surface area (Å²) in [6, 6.07) is 8.26. The Morgan fingerprint density at radius 3 is 2.83 bits per heavy atom. The Bertz CT molecular complexity index is 953. The lowest BCUT2D eigenvalue weighted by Crippen LogP contribution is -2.35. The van der Waals surface area contributed by atoms with E-state index < -0.39 is 0 Å². The summed E-state index contributed by atoms with van der Waals surface area (Å²) in [5, 5.41) is 11.7. The summed E-state index contributed by atoms with van der Waals surface area (Å²) >= 11 is 1.73. The lowest BCUT2D eigenvalue weighted by atomic mass is 9.77. The Balaban J connectivity index is 1.14. The van der Waals surface area contributed by atoms with Crippen molar-refractivity contribution in [2.24, 2.45) is 11.8 Å². The third kappa shape index (κ3) is 3.81. The molecule has 3 heterocycles. The zero-order valence-corrected chi connectivity index (χ0v) is 17.2. The number of aliphatic hydroxyl groups is 1. The molecule has 2 aromatic heterocycles. The van der Waals surface area contributed by atoms with Crippen LogP contribution in [0.3, 0.4) is 0 Å². The van der Waals surface area contributed by atoms with Crippen molar-refractivity contribution >= 4 is 27.5 Å². The topological polar surface area (TPSA) is 71.2 Å². The minimum atomic E-state index is -0.362. The Labute approximate surface area is 174 Å². The van der Waals surface area contributed by atoms with Crippen LogP contribution in [0.4, 0.5) is 0 Å². The van der Waals surface area contributed by atoms with Gasteiger partial charge in [-0.2, -0.15) is 0 Å². The van der Waals surface area contributed by atoms with Gasteiger partial charge in [-0.3, -0.25) is 4.79 Å². The lowest BCUT2D eigenvalue weighted by Gasteiger charge is -2.35. The highest BCUT2D eigenvalue weighted by Gasteiger charge is 2.43. The second-order valence-corrected chi connectivity index (χ2v) is 9.48. The van der Waals surface area contributed by atoms with Gasteiger partial charge in [0.05, 0.1) is 33.7 Å². The van der Waals surface area contributed by atoms with E-state index in [-0.39, 0.29) is 18.1 Å². The van der Waals surface area contributed by atoms with Crippen molar-refractivity contribution in [2.45, 2.75) is 44.2 Å². The number of fused-ring (bicyclic) bond motifs is 2. The van der Waals surface area contributed by atoms with Gasteiger partial charge < -0.3 is 14.6 Å². The number of aryl methyl sites for hydroxylation is 1. The van der Waals surface area contributed by atoms with Gasteiger partial charge in [-0.05, 0) is 49.7 Å².